The lowest BCUT2D eigenvalue weighted by Gasteiger charge is -2.22. The van der Waals surface area contributed by atoms with Crippen molar-refractivity contribution in [3.8, 4) is 5.75 Å². The van der Waals surface area contributed by atoms with E-state index in [1.807, 2.05) is 6.92 Å². The molecule has 0 saturated heterocycles. The van der Waals surface area contributed by atoms with Crippen LogP contribution in [0.1, 0.15) is 88.2 Å². The molecular weight excluding hydrogens is 251 g/mol. The number of aromatic hydroxyl groups is 1. The van der Waals surface area contributed by atoms with Gasteiger partial charge in [-0.05, 0) is 54.4 Å². The van der Waals surface area contributed by atoms with E-state index in [1.54, 1.807) is 12.1 Å². The number of phenolic OH excluding ortho intramolecular Hbond substituents is 1. The fourth-order valence-electron chi connectivity index (χ4n) is 3.29. The molecule has 1 atom stereocenters. The van der Waals surface area contributed by atoms with E-state index >= 15 is 0 Å². The number of hydrogen-bond acceptors (Lipinski definition) is 1. The molecular formula is C18H27FO. The summed E-state index contributed by atoms with van der Waals surface area (Å²) >= 11 is 0. The maximum Gasteiger partial charge on any atom is 0.127 e. The van der Waals surface area contributed by atoms with Crippen LogP contribution in [-0.4, -0.2) is 5.11 Å². The van der Waals surface area contributed by atoms with Crippen LogP contribution < -0.4 is 0 Å². The number of rotatable bonds is 3. The van der Waals surface area contributed by atoms with Gasteiger partial charge in [0, 0.05) is 0 Å². The number of phenols is 1. The minimum atomic E-state index is -0.122. The van der Waals surface area contributed by atoms with Crippen LogP contribution in [-0.2, 0) is 0 Å². The highest BCUT2D eigenvalue weighted by atomic mass is 19.1. The standard InChI is InChI=1S/C18H27FO/c1-3-13(2)15-11-17(19)16(12-18(15)20)14-9-7-5-4-6-8-10-14/h11-14,20H,3-10H2,1-2H3. The van der Waals surface area contributed by atoms with Crippen molar-refractivity contribution in [3.05, 3.63) is 29.1 Å². The van der Waals surface area contributed by atoms with Gasteiger partial charge in [-0.3, -0.25) is 0 Å². The average Bonchev–Trinajstić information content (AvgIpc) is 2.40. The van der Waals surface area contributed by atoms with E-state index in [0.29, 0.717) is 0 Å². The summed E-state index contributed by atoms with van der Waals surface area (Å²) in [6.45, 7) is 4.09. The highest BCUT2D eigenvalue weighted by Crippen LogP contribution is 2.37. The Balaban J connectivity index is 2.24. The smallest absolute Gasteiger partial charge is 0.127 e. The molecule has 1 unspecified atom stereocenters. The Hall–Kier alpha value is -1.05. The number of benzene rings is 1. The molecule has 0 aromatic heterocycles. The first-order valence-electron chi connectivity index (χ1n) is 8.15. The van der Waals surface area contributed by atoms with Crippen LogP contribution in [0.5, 0.6) is 5.75 Å². The Morgan fingerprint density at radius 1 is 1.15 bits per heavy atom. The Kier molecular flexibility index (Phi) is 5.45. The minimum Gasteiger partial charge on any atom is -0.508 e. The summed E-state index contributed by atoms with van der Waals surface area (Å²) in [5.41, 5.74) is 1.48. The third-order valence-electron chi connectivity index (χ3n) is 4.83. The molecule has 0 bridgehead atoms. The lowest BCUT2D eigenvalue weighted by molar-refractivity contribution is 0.430. The summed E-state index contributed by atoms with van der Waals surface area (Å²) in [7, 11) is 0. The normalized spacial score (nSPS) is 19.4. The molecule has 0 heterocycles. The molecule has 1 aliphatic carbocycles. The Bertz CT molecular complexity index is 433. The van der Waals surface area contributed by atoms with E-state index < -0.39 is 0 Å². The maximum absolute atomic E-state index is 14.4. The highest BCUT2D eigenvalue weighted by Gasteiger charge is 2.20. The van der Waals surface area contributed by atoms with Gasteiger partial charge < -0.3 is 5.11 Å². The molecule has 0 amide bonds. The van der Waals surface area contributed by atoms with Crippen molar-refractivity contribution < 1.29 is 9.50 Å². The summed E-state index contributed by atoms with van der Waals surface area (Å²) in [6, 6.07) is 3.26. The molecule has 0 aliphatic heterocycles. The first-order valence-corrected chi connectivity index (χ1v) is 8.15. The minimum absolute atomic E-state index is 0.122. The molecule has 1 N–H and O–H groups in total. The van der Waals surface area contributed by atoms with Gasteiger partial charge in [0.1, 0.15) is 11.6 Å². The van der Waals surface area contributed by atoms with Gasteiger partial charge in [0.15, 0.2) is 0 Å². The molecule has 0 radical (unpaired) electrons. The van der Waals surface area contributed by atoms with Gasteiger partial charge in [-0.15, -0.1) is 0 Å². The second-order valence-corrected chi connectivity index (χ2v) is 6.28. The Morgan fingerprint density at radius 3 is 2.35 bits per heavy atom. The van der Waals surface area contributed by atoms with Crippen molar-refractivity contribution in [2.45, 2.75) is 77.0 Å². The fourth-order valence-corrected chi connectivity index (χ4v) is 3.29. The molecule has 1 aromatic rings. The van der Waals surface area contributed by atoms with Crippen LogP contribution >= 0.6 is 0 Å². The monoisotopic (exact) mass is 278 g/mol. The zero-order valence-corrected chi connectivity index (χ0v) is 12.8. The van der Waals surface area contributed by atoms with E-state index in [9.17, 15) is 9.50 Å². The van der Waals surface area contributed by atoms with Crippen LogP contribution in [0.15, 0.2) is 12.1 Å². The average molecular weight is 278 g/mol. The van der Waals surface area contributed by atoms with Crippen LogP contribution in [0.4, 0.5) is 4.39 Å². The largest absolute Gasteiger partial charge is 0.508 e. The molecule has 0 spiro atoms. The molecule has 1 aromatic carbocycles. The van der Waals surface area contributed by atoms with Crippen molar-refractivity contribution >= 4 is 0 Å². The summed E-state index contributed by atoms with van der Waals surface area (Å²) in [5, 5.41) is 10.2. The topological polar surface area (TPSA) is 20.2 Å². The second kappa shape index (κ2) is 7.10. The van der Waals surface area contributed by atoms with E-state index in [-0.39, 0.29) is 23.4 Å². The quantitative estimate of drug-likeness (QED) is 0.732. The van der Waals surface area contributed by atoms with Gasteiger partial charge in [0.05, 0.1) is 0 Å². The second-order valence-electron chi connectivity index (χ2n) is 6.28. The van der Waals surface area contributed by atoms with Gasteiger partial charge in [0.2, 0.25) is 0 Å². The molecule has 1 saturated carbocycles. The third kappa shape index (κ3) is 3.53. The summed E-state index contributed by atoms with van der Waals surface area (Å²) in [4.78, 5) is 0. The van der Waals surface area contributed by atoms with Crippen molar-refractivity contribution in [2.24, 2.45) is 0 Å². The molecule has 112 valence electrons. The van der Waals surface area contributed by atoms with Gasteiger partial charge in [-0.2, -0.15) is 0 Å². The van der Waals surface area contributed by atoms with Crippen molar-refractivity contribution in [1.29, 1.82) is 0 Å². The van der Waals surface area contributed by atoms with Crippen LogP contribution in [0.3, 0.4) is 0 Å². The fraction of sp³-hybridized carbons (Fsp3) is 0.667. The van der Waals surface area contributed by atoms with Crippen molar-refractivity contribution in [3.63, 3.8) is 0 Å². The molecule has 2 heteroatoms. The highest BCUT2D eigenvalue weighted by molar-refractivity contribution is 5.41. The zero-order valence-electron chi connectivity index (χ0n) is 12.8. The van der Waals surface area contributed by atoms with E-state index in [1.165, 1.54) is 32.1 Å². The van der Waals surface area contributed by atoms with Crippen molar-refractivity contribution in [1.82, 2.24) is 0 Å². The summed E-state index contributed by atoms with van der Waals surface area (Å²) in [5.74, 6) is 0.643. The van der Waals surface area contributed by atoms with Gasteiger partial charge in [-0.25, -0.2) is 4.39 Å². The summed E-state index contributed by atoms with van der Waals surface area (Å²) in [6.07, 6.45) is 9.21. The molecule has 1 aliphatic rings. The lowest BCUT2D eigenvalue weighted by atomic mass is 9.84. The van der Waals surface area contributed by atoms with Crippen LogP contribution in [0.2, 0.25) is 0 Å². The van der Waals surface area contributed by atoms with Crippen LogP contribution in [0, 0.1) is 5.82 Å². The maximum atomic E-state index is 14.4. The number of halogens is 1. The van der Waals surface area contributed by atoms with E-state index in [2.05, 4.69) is 6.92 Å². The lowest BCUT2D eigenvalue weighted by Crippen LogP contribution is -2.06. The molecule has 1 nitrogen and oxygen atoms in total. The zero-order chi connectivity index (χ0) is 14.5. The van der Waals surface area contributed by atoms with Gasteiger partial charge in [0.25, 0.3) is 0 Å². The SMILES string of the molecule is CCC(C)c1cc(F)c(C2CCCCCCC2)cc1O. The predicted molar refractivity (Wildman–Crippen MR) is 81.8 cm³/mol. The molecule has 20 heavy (non-hydrogen) atoms. The Morgan fingerprint density at radius 2 is 1.75 bits per heavy atom. The van der Waals surface area contributed by atoms with E-state index in [4.69, 9.17) is 0 Å². The first kappa shape index (κ1) is 15.3. The predicted octanol–water partition coefficient (Wildman–Crippen LogP) is 5.87. The summed E-state index contributed by atoms with van der Waals surface area (Å²) < 4.78 is 14.4. The molecule has 2 rings (SSSR count). The van der Waals surface area contributed by atoms with E-state index in [0.717, 1.165) is 30.4 Å². The van der Waals surface area contributed by atoms with Crippen LogP contribution in [0.25, 0.3) is 0 Å². The van der Waals surface area contributed by atoms with Gasteiger partial charge in [-0.1, -0.05) is 46.0 Å². The third-order valence-corrected chi connectivity index (χ3v) is 4.83. The van der Waals surface area contributed by atoms with Crippen molar-refractivity contribution in [2.75, 3.05) is 0 Å². The molecule has 1 fully saturated rings. The number of hydrogen-bond donors (Lipinski definition) is 1. The Labute approximate surface area is 122 Å². The first-order chi connectivity index (χ1) is 9.63. The van der Waals surface area contributed by atoms with Gasteiger partial charge >= 0.3 is 0 Å².